The first kappa shape index (κ1) is 75.2. The Morgan fingerprint density at radius 1 is 0.216 bits per heavy atom. The summed E-state index contributed by atoms with van der Waals surface area (Å²) in [6, 6.07) is 114. The molecule has 4 nitrogen and oxygen atoms in total. The lowest BCUT2D eigenvalue weighted by Crippen LogP contribution is -2.67. The molecule has 8 bridgehead atoms. The van der Waals surface area contributed by atoms with Crippen molar-refractivity contribution < 1.29 is 17.9 Å². The van der Waals surface area contributed by atoms with Gasteiger partial charge in [0, 0.05) is 62.2 Å². The van der Waals surface area contributed by atoms with Crippen molar-refractivity contribution in [2.75, 3.05) is 106 Å². The Hall–Kier alpha value is -9.52. The number of benzene rings is 12. The zero-order chi connectivity index (χ0) is 78.5. The first-order valence-corrected chi connectivity index (χ1v) is 45.0. The summed E-state index contributed by atoms with van der Waals surface area (Å²) in [5.74, 6) is 2.85. The molecule has 12 saturated heterocycles. The Bertz CT molecular complexity index is 5090. The van der Waals surface area contributed by atoms with E-state index < -0.39 is 0 Å². The predicted octanol–water partition coefficient (Wildman–Crippen LogP) is 25.2. The average molecular weight is 1520 g/mol. The van der Waals surface area contributed by atoms with Gasteiger partial charge in [-0.2, -0.15) is 0 Å². The molecule has 12 aliphatic rings. The third-order valence-corrected chi connectivity index (χ3v) is 32.7. The second-order valence-corrected chi connectivity index (χ2v) is 39.6. The molecule has 12 fully saturated rings. The highest BCUT2D eigenvalue weighted by atomic mass is 15.4. The maximum Gasteiger partial charge on any atom is 0.0926 e. The van der Waals surface area contributed by atoms with Crippen LogP contribution < -0.4 is 0 Å². The Balaban J connectivity index is 0.435. The molecular formula is C112H122N4+4. The van der Waals surface area contributed by atoms with Gasteiger partial charge >= 0.3 is 0 Å². The Morgan fingerprint density at radius 2 is 0.397 bits per heavy atom. The van der Waals surface area contributed by atoms with E-state index in [9.17, 15) is 0 Å². The van der Waals surface area contributed by atoms with E-state index in [-0.39, 0.29) is 21.7 Å². The highest BCUT2D eigenvalue weighted by Crippen LogP contribution is 2.56. The van der Waals surface area contributed by atoms with Crippen LogP contribution in [0.5, 0.6) is 0 Å². The van der Waals surface area contributed by atoms with E-state index in [1.54, 1.807) is 11.1 Å². The monoisotopic (exact) mass is 1520 g/mol. The molecule has 4 atom stereocenters. The summed E-state index contributed by atoms with van der Waals surface area (Å²) in [7, 11) is 5.03. The maximum atomic E-state index is 2.64. The fraction of sp³-hybridized carbons (Fsp3) is 0.357. The number of nitrogens with zero attached hydrogens (tertiary/aromatic N) is 4. The van der Waals surface area contributed by atoms with E-state index >= 15 is 0 Å². The van der Waals surface area contributed by atoms with Crippen molar-refractivity contribution in [3.63, 3.8) is 0 Å². The lowest BCUT2D eigenvalue weighted by Gasteiger charge is -2.58. The second kappa shape index (κ2) is 29.8. The highest BCUT2D eigenvalue weighted by molar-refractivity contribution is 5.76. The lowest BCUT2D eigenvalue weighted by atomic mass is 9.58. The van der Waals surface area contributed by atoms with Crippen LogP contribution in [0.1, 0.15) is 135 Å². The molecule has 116 heavy (non-hydrogen) atoms. The summed E-state index contributed by atoms with van der Waals surface area (Å²) in [4.78, 5) is 0. The number of likely N-dealkylation sites (N-methyl/N-ethyl adjacent to an activating group) is 2. The van der Waals surface area contributed by atoms with Crippen molar-refractivity contribution in [3.8, 4) is 89.0 Å². The normalized spacial score (nSPS) is 28.9. The summed E-state index contributed by atoms with van der Waals surface area (Å²) in [6.45, 7) is 27.9. The second-order valence-electron chi connectivity index (χ2n) is 39.6. The predicted molar refractivity (Wildman–Crippen MR) is 485 cm³/mol. The minimum Gasteiger partial charge on any atom is -0.325 e. The first-order valence-electron chi connectivity index (χ1n) is 45.0. The van der Waals surface area contributed by atoms with Gasteiger partial charge in [0.25, 0.3) is 0 Å². The average Bonchev–Trinajstić information content (AvgIpc) is 0.719. The van der Waals surface area contributed by atoms with Crippen molar-refractivity contribution in [3.05, 3.63) is 336 Å². The molecule has 0 aromatic heterocycles. The first-order chi connectivity index (χ1) is 56.4. The van der Waals surface area contributed by atoms with Crippen molar-refractivity contribution in [1.82, 2.24) is 0 Å². The van der Waals surface area contributed by atoms with Crippen molar-refractivity contribution in [1.29, 1.82) is 0 Å². The Labute approximate surface area is 693 Å². The van der Waals surface area contributed by atoms with Crippen LogP contribution in [-0.2, 0) is 21.7 Å². The van der Waals surface area contributed by atoms with E-state index in [0.717, 1.165) is 33.9 Å². The van der Waals surface area contributed by atoms with Gasteiger partial charge in [-0.25, -0.2) is 0 Å². The third-order valence-electron chi connectivity index (χ3n) is 32.7. The molecule has 0 saturated carbocycles. The van der Waals surface area contributed by atoms with Gasteiger partial charge in [0.1, 0.15) is 0 Å². The SMILES string of the molecule is Cc1ccc(-c2ccc(-c3ccc(C4(c5ccc(-c6ccc(-c7ccc(C8(C)C[N+]9(CCCCCC[N+]%10%11CCC(CC%10)[C@](C)(c%10ccc(-c%12ccc(-c%13ccc(C%14(c%15ccc(-c%16ccc(-c%17ccc(C)cc%17)cc%16)cc%15)C[N+]%15(C)CCC%14CC%15)cc%13)cc%12)cc%10)C%11)CCC8CC9)cc7)cc6)cc5)C[N+]5(C)CCC4CC5)cc3)cc2)cc1. The fourth-order valence-corrected chi connectivity index (χ4v) is 25.6. The van der Waals surface area contributed by atoms with Gasteiger partial charge in [-0.1, -0.05) is 302 Å². The van der Waals surface area contributed by atoms with Gasteiger partial charge in [-0.15, -0.1) is 0 Å². The smallest absolute Gasteiger partial charge is 0.0926 e. The minimum atomic E-state index is 0.00151. The van der Waals surface area contributed by atoms with Crippen LogP contribution in [0.4, 0.5) is 0 Å². The molecule has 0 N–H and O–H groups in total. The van der Waals surface area contributed by atoms with Crippen LogP contribution in [0.25, 0.3) is 89.0 Å². The largest absolute Gasteiger partial charge is 0.325 e. The molecule has 24 rings (SSSR count). The Morgan fingerprint density at radius 3 is 0.603 bits per heavy atom. The van der Waals surface area contributed by atoms with E-state index in [4.69, 9.17) is 0 Å². The molecule has 12 aromatic carbocycles. The van der Waals surface area contributed by atoms with Crippen LogP contribution in [0.15, 0.2) is 291 Å². The van der Waals surface area contributed by atoms with E-state index in [1.165, 1.54) is 287 Å². The van der Waals surface area contributed by atoms with Gasteiger partial charge in [-0.05, 0) is 199 Å². The summed E-state index contributed by atoms with van der Waals surface area (Å²) in [5, 5.41) is 0. The number of rotatable bonds is 21. The number of aryl methyl sites for hydroxylation is 2. The number of piperidine rings is 12. The van der Waals surface area contributed by atoms with Gasteiger partial charge in [0.15, 0.2) is 0 Å². The summed E-state index contributed by atoms with van der Waals surface area (Å²) < 4.78 is 4.98. The van der Waals surface area contributed by atoms with E-state index in [1.807, 2.05) is 0 Å². The Kier molecular flexibility index (Phi) is 19.3. The number of unbranched alkanes of at least 4 members (excludes halogenated alkanes) is 3. The number of hydrogen-bond donors (Lipinski definition) is 0. The minimum absolute atomic E-state index is 0.00151. The quantitative estimate of drug-likeness (QED) is 0.0497. The molecular weight excluding hydrogens is 1400 g/mol. The molecule has 0 spiro atoms. The van der Waals surface area contributed by atoms with Crippen LogP contribution in [0.3, 0.4) is 0 Å². The van der Waals surface area contributed by atoms with Crippen molar-refractivity contribution in [2.45, 2.75) is 126 Å². The topological polar surface area (TPSA) is 0 Å². The van der Waals surface area contributed by atoms with Crippen LogP contribution in [0.2, 0.25) is 0 Å². The fourth-order valence-electron chi connectivity index (χ4n) is 25.6. The standard InChI is InChI=1S/C112H122N4/c1-81-11-15-83(16-12-81)85-19-23-89(24-20-85)95-39-51-103(52-40-95)111(79-113(5)69-59-107(111)60-70-113)105-55-43-97(44-56-105)91-31-27-87(28-32-91)93-35-47-99(48-36-93)109(3)77-115(73-63-101(109)64-74-115)67-9-7-8-10-68-116-75-65-102(66-76-116)110(4,78-116)100-49-37-94(38-50-100)88-29-33-92(34-30-88)98-45-57-106(58-46-98)112(80-114(6)71-61-108(112)62-72-114)104-53-41-96(42-54-104)90-25-21-86(22-26-90)84-17-13-82(2)14-18-84/h11-58,101-102,107-108H,7-10,59-80H2,1-6H3/q+4/t101?,102?,107?,108?,109-,110?,111?,112?,113?,114?,115?,116?/m0/s1. The molecule has 586 valence electrons. The van der Waals surface area contributed by atoms with E-state index in [2.05, 4.69) is 333 Å². The molecule has 0 aliphatic carbocycles. The summed E-state index contributed by atoms with van der Waals surface area (Å²) >= 11 is 0. The summed E-state index contributed by atoms with van der Waals surface area (Å²) in [5.41, 5.74) is 32.7. The van der Waals surface area contributed by atoms with Crippen LogP contribution >= 0.6 is 0 Å². The van der Waals surface area contributed by atoms with Crippen molar-refractivity contribution in [2.24, 2.45) is 23.7 Å². The van der Waals surface area contributed by atoms with Gasteiger partial charge in [0.2, 0.25) is 0 Å². The maximum absolute atomic E-state index is 2.64. The lowest BCUT2D eigenvalue weighted by molar-refractivity contribution is -0.948. The third kappa shape index (κ3) is 13.7. The van der Waals surface area contributed by atoms with Crippen molar-refractivity contribution >= 4 is 0 Å². The van der Waals surface area contributed by atoms with Gasteiger partial charge in [0.05, 0.1) is 117 Å². The van der Waals surface area contributed by atoms with Gasteiger partial charge < -0.3 is 17.9 Å². The molecule has 0 amide bonds. The van der Waals surface area contributed by atoms with Crippen LogP contribution in [-0.4, -0.2) is 124 Å². The van der Waals surface area contributed by atoms with Crippen LogP contribution in [0, 0.1) is 37.5 Å². The molecule has 3 unspecified atom stereocenters. The molecule has 4 heteroatoms. The molecule has 12 heterocycles. The highest BCUT2D eigenvalue weighted by Gasteiger charge is 2.58. The zero-order valence-electron chi connectivity index (χ0n) is 70.2. The molecule has 0 radical (unpaired) electrons. The summed E-state index contributed by atoms with van der Waals surface area (Å²) in [6.07, 6.45) is 16.1. The molecule has 12 aliphatic heterocycles. The number of fused-ring (bicyclic) bond motifs is 12. The van der Waals surface area contributed by atoms with Gasteiger partial charge in [-0.3, -0.25) is 0 Å². The number of quaternary nitrogens is 4. The zero-order valence-corrected chi connectivity index (χ0v) is 70.2. The molecule has 12 aromatic rings. The number of hydrogen-bond acceptors (Lipinski definition) is 0. The van der Waals surface area contributed by atoms with E-state index in [0.29, 0.717) is 11.8 Å².